The Hall–Kier alpha value is -0.780. The largest absolute Gasteiger partial charge is 0.0558 e. The van der Waals surface area contributed by atoms with Crippen LogP contribution in [0.3, 0.4) is 0 Å². The minimum atomic E-state index is 0.406. The highest BCUT2D eigenvalue weighted by Gasteiger charge is 2.35. The Morgan fingerprint density at radius 3 is 1.62 bits per heavy atom. The molecular formula is C16H22. The van der Waals surface area contributed by atoms with Crippen molar-refractivity contribution >= 4 is 0 Å². The first-order chi connectivity index (χ1) is 7.40. The van der Waals surface area contributed by atoms with Crippen LogP contribution in [0.5, 0.6) is 0 Å². The predicted molar refractivity (Wildman–Crippen MR) is 69.1 cm³/mol. The molecule has 0 heterocycles. The molecule has 86 valence electrons. The minimum Gasteiger partial charge on any atom is -0.0558 e. The standard InChI is InChI=1S/C16H22/c1-15(2)7-5-11-9-12-6-8-16(3,4)14(12)10-13(11)15/h9-10H,5-8H2,1-4H3. The predicted octanol–water partition coefficient (Wildman–Crippen LogP) is 4.13. The van der Waals surface area contributed by atoms with Crippen LogP contribution >= 0.6 is 0 Å². The molecule has 0 fully saturated rings. The third kappa shape index (κ3) is 1.28. The van der Waals surface area contributed by atoms with Gasteiger partial charge in [-0.3, -0.25) is 0 Å². The van der Waals surface area contributed by atoms with Gasteiger partial charge in [-0.2, -0.15) is 0 Å². The maximum atomic E-state index is 2.53. The molecule has 0 saturated carbocycles. The van der Waals surface area contributed by atoms with Gasteiger partial charge in [0, 0.05) is 0 Å². The number of benzene rings is 1. The van der Waals surface area contributed by atoms with Crippen LogP contribution in [0.4, 0.5) is 0 Å². The topological polar surface area (TPSA) is 0 Å². The zero-order valence-electron chi connectivity index (χ0n) is 11.0. The highest BCUT2D eigenvalue weighted by atomic mass is 14.4. The molecule has 0 spiro atoms. The van der Waals surface area contributed by atoms with Crippen molar-refractivity contribution in [2.45, 2.75) is 64.2 Å². The van der Waals surface area contributed by atoms with Gasteiger partial charge in [0.25, 0.3) is 0 Å². The Kier molecular flexibility index (Phi) is 1.89. The molecule has 1 aromatic rings. The second-order valence-corrected chi connectivity index (χ2v) is 6.93. The smallest absolute Gasteiger partial charge is 0.00976 e. The third-order valence-corrected chi connectivity index (χ3v) is 4.83. The number of aryl methyl sites for hydroxylation is 2. The molecule has 0 aromatic heterocycles. The van der Waals surface area contributed by atoms with E-state index in [1.165, 1.54) is 25.7 Å². The van der Waals surface area contributed by atoms with Crippen LogP contribution in [0.2, 0.25) is 0 Å². The number of rotatable bonds is 0. The summed E-state index contributed by atoms with van der Waals surface area (Å²) >= 11 is 0. The van der Waals surface area contributed by atoms with E-state index in [1.807, 2.05) is 0 Å². The van der Waals surface area contributed by atoms with Gasteiger partial charge in [0.2, 0.25) is 0 Å². The first-order valence-electron chi connectivity index (χ1n) is 6.57. The van der Waals surface area contributed by atoms with Crippen molar-refractivity contribution in [3.63, 3.8) is 0 Å². The molecule has 1 aromatic carbocycles. The van der Waals surface area contributed by atoms with Gasteiger partial charge >= 0.3 is 0 Å². The van der Waals surface area contributed by atoms with E-state index in [1.54, 1.807) is 22.3 Å². The second kappa shape index (κ2) is 2.91. The average Bonchev–Trinajstić information content (AvgIpc) is 2.65. The van der Waals surface area contributed by atoms with E-state index in [0.717, 1.165) is 0 Å². The molecule has 0 heteroatoms. The summed E-state index contributed by atoms with van der Waals surface area (Å²) in [6, 6.07) is 5.04. The Labute approximate surface area is 99.1 Å². The Morgan fingerprint density at radius 2 is 1.19 bits per heavy atom. The van der Waals surface area contributed by atoms with E-state index in [-0.39, 0.29) is 0 Å². The van der Waals surface area contributed by atoms with Crippen molar-refractivity contribution in [1.82, 2.24) is 0 Å². The number of hydrogen-bond donors (Lipinski definition) is 0. The van der Waals surface area contributed by atoms with Crippen LogP contribution < -0.4 is 0 Å². The SMILES string of the molecule is CC1(C)CCc2cc3c(cc21)C(C)(C)CC3. The average molecular weight is 214 g/mol. The molecule has 0 amide bonds. The third-order valence-electron chi connectivity index (χ3n) is 4.83. The Balaban J connectivity index is 2.20. The van der Waals surface area contributed by atoms with Gasteiger partial charge in [0.15, 0.2) is 0 Å². The van der Waals surface area contributed by atoms with Gasteiger partial charge in [-0.1, -0.05) is 39.8 Å². The monoisotopic (exact) mass is 214 g/mol. The van der Waals surface area contributed by atoms with Crippen molar-refractivity contribution in [2.24, 2.45) is 0 Å². The van der Waals surface area contributed by atoms with E-state index in [0.29, 0.717) is 10.8 Å². The quantitative estimate of drug-likeness (QED) is 0.609. The molecule has 0 unspecified atom stereocenters. The maximum absolute atomic E-state index is 2.53. The van der Waals surface area contributed by atoms with Gasteiger partial charge in [0.05, 0.1) is 0 Å². The molecular weight excluding hydrogens is 192 g/mol. The molecule has 0 radical (unpaired) electrons. The van der Waals surface area contributed by atoms with Crippen molar-refractivity contribution in [3.05, 3.63) is 34.4 Å². The van der Waals surface area contributed by atoms with Gasteiger partial charge < -0.3 is 0 Å². The summed E-state index contributed by atoms with van der Waals surface area (Å²) < 4.78 is 0. The molecule has 0 atom stereocenters. The lowest BCUT2D eigenvalue weighted by atomic mass is 9.81. The molecule has 0 aliphatic heterocycles. The first kappa shape index (κ1) is 10.4. The van der Waals surface area contributed by atoms with Crippen LogP contribution in [0.25, 0.3) is 0 Å². The molecule has 0 nitrogen and oxygen atoms in total. The van der Waals surface area contributed by atoms with Gasteiger partial charge in [0.1, 0.15) is 0 Å². The molecule has 3 rings (SSSR count). The van der Waals surface area contributed by atoms with Crippen LogP contribution in [0, 0.1) is 0 Å². The summed E-state index contributed by atoms with van der Waals surface area (Å²) in [7, 11) is 0. The van der Waals surface area contributed by atoms with Crippen LogP contribution in [-0.2, 0) is 23.7 Å². The minimum absolute atomic E-state index is 0.406. The maximum Gasteiger partial charge on any atom is -0.00976 e. The number of fused-ring (bicyclic) bond motifs is 2. The van der Waals surface area contributed by atoms with Crippen molar-refractivity contribution < 1.29 is 0 Å². The summed E-state index contributed by atoms with van der Waals surface area (Å²) in [5.74, 6) is 0. The zero-order chi connectivity index (χ0) is 11.6. The highest BCUT2D eigenvalue weighted by molar-refractivity contribution is 5.49. The number of hydrogen-bond acceptors (Lipinski definition) is 0. The molecule has 0 bridgehead atoms. The van der Waals surface area contributed by atoms with E-state index >= 15 is 0 Å². The van der Waals surface area contributed by atoms with Gasteiger partial charge in [-0.15, -0.1) is 0 Å². The second-order valence-electron chi connectivity index (χ2n) is 6.93. The summed E-state index contributed by atoms with van der Waals surface area (Å²) in [5.41, 5.74) is 7.32. The molecule has 2 aliphatic rings. The highest BCUT2D eigenvalue weighted by Crippen LogP contribution is 2.45. The summed E-state index contributed by atoms with van der Waals surface area (Å²) in [5, 5.41) is 0. The van der Waals surface area contributed by atoms with Crippen molar-refractivity contribution in [1.29, 1.82) is 0 Å². The van der Waals surface area contributed by atoms with Gasteiger partial charge in [-0.05, 0) is 58.8 Å². The van der Waals surface area contributed by atoms with Crippen LogP contribution in [0.15, 0.2) is 12.1 Å². The van der Waals surface area contributed by atoms with E-state index in [4.69, 9.17) is 0 Å². The molecule has 0 saturated heterocycles. The van der Waals surface area contributed by atoms with Crippen LogP contribution in [-0.4, -0.2) is 0 Å². The fraction of sp³-hybridized carbons (Fsp3) is 0.625. The fourth-order valence-corrected chi connectivity index (χ4v) is 3.53. The van der Waals surface area contributed by atoms with Gasteiger partial charge in [-0.25, -0.2) is 0 Å². The van der Waals surface area contributed by atoms with Crippen molar-refractivity contribution in [3.8, 4) is 0 Å². The summed E-state index contributed by atoms with van der Waals surface area (Å²) in [6.45, 7) is 9.58. The zero-order valence-corrected chi connectivity index (χ0v) is 11.0. The van der Waals surface area contributed by atoms with E-state index in [9.17, 15) is 0 Å². The Morgan fingerprint density at radius 1 is 0.750 bits per heavy atom. The normalized spacial score (nSPS) is 24.2. The lowest BCUT2D eigenvalue weighted by molar-refractivity contribution is 0.509. The summed E-state index contributed by atoms with van der Waals surface area (Å²) in [4.78, 5) is 0. The van der Waals surface area contributed by atoms with E-state index < -0.39 is 0 Å². The van der Waals surface area contributed by atoms with E-state index in [2.05, 4.69) is 39.8 Å². The Bertz CT molecular complexity index is 410. The summed E-state index contributed by atoms with van der Waals surface area (Å²) in [6.07, 6.45) is 5.23. The van der Waals surface area contributed by atoms with Crippen LogP contribution in [0.1, 0.15) is 62.8 Å². The first-order valence-corrected chi connectivity index (χ1v) is 6.57. The molecule has 2 aliphatic carbocycles. The lowest BCUT2D eigenvalue weighted by Crippen LogP contribution is -2.16. The molecule has 0 N–H and O–H groups in total. The lowest BCUT2D eigenvalue weighted by Gasteiger charge is -2.24. The van der Waals surface area contributed by atoms with Crippen molar-refractivity contribution in [2.75, 3.05) is 0 Å². The fourth-order valence-electron chi connectivity index (χ4n) is 3.53. The molecule has 16 heavy (non-hydrogen) atoms.